The number of imidazole rings is 1. The van der Waals surface area contributed by atoms with E-state index < -0.39 is 17.3 Å². The van der Waals surface area contributed by atoms with E-state index in [1.54, 1.807) is 38.6 Å². The first-order chi connectivity index (χ1) is 17.1. The van der Waals surface area contributed by atoms with E-state index in [2.05, 4.69) is 10.3 Å². The molecule has 0 saturated heterocycles. The fourth-order valence-electron chi connectivity index (χ4n) is 3.51. The molecule has 0 fully saturated rings. The third-order valence-electron chi connectivity index (χ3n) is 5.20. The van der Waals surface area contributed by atoms with Crippen molar-refractivity contribution in [3.05, 3.63) is 41.9 Å². The minimum atomic E-state index is -0.636. The van der Waals surface area contributed by atoms with E-state index in [1.165, 1.54) is 14.2 Å². The van der Waals surface area contributed by atoms with E-state index in [-0.39, 0.29) is 30.2 Å². The Labute approximate surface area is 219 Å². The van der Waals surface area contributed by atoms with Gasteiger partial charge in [-0.25, -0.2) is 14.8 Å². The van der Waals surface area contributed by atoms with Crippen LogP contribution >= 0.6 is 0 Å². The van der Waals surface area contributed by atoms with E-state index in [9.17, 15) is 14.4 Å². The molecule has 0 aliphatic heterocycles. The van der Waals surface area contributed by atoms with Gasteiger partial charge >= 0.3 is 18.0 Å². The van der Waals surface area contributed by atoms with Crippen LogP contribution in [0, 0.1) is 0 Å². The Morgan fingerprint density at radius 1 is 1.03 bits per heavy atom. The van der Waals surface area contributed by atoms with Gasteiger partial charge in [0.05, 0.1) is 12.8 Å². The van der Waals surface area contributed by atoms with Gasteiger partial charge in [-0.3, -0.25) is 14.4 Å². The Morgan fingerprint density at radius 3 is 2.16 bits per heavy atom. The first-order valence-electron chi connectivity index (χ1n) is 12.2. The number of nitrogens with one attached hydrogen (secondary N) is 1. The molecule has 37 heavy (non-hydrogen) atoms. The van der Waals surface area contributed by atoms with Crippen molar-refractivity contribution in [1.82, 2.24) is 19.9 Å². The molecule has 0 bridgehead atoms. The zero-order valence-electron chi connectivity index (χ0n) is 23.4. The van der Waals surface area contributed by atoms with Gasteiger partial charge < -0.3 is 19.4 Å². The monoisotopic (exact) mass is 516 g/mol. The third kappa shape index (κ3) is 9.87. The molecule has 2 rings (SSSR count). The second kappa shape index (κ2) is 12.2. The minimum Gasteiger partial charge on any atom is -0.460 e. The molecule has 1 unspecified atom stereocenters. The molecule has 204 valence electrons. The molecule has 0 spiro atoms. The maximum absolute atomic E-state index is 12.4. The molecule has 2 amide bonds. The number of ether oxygens (including phenoxy) is 2. The van der Waals surface area contributed by atoms with Crippen molar-refractivity contribution in [3.8, 4) is 11.3 Å². The number of rotatable bonds is 9. The number of esters is 1. The summed E-state index contributed by atoms with van der Waals surface area (Å²) in [6, 6.07) is 7.35. The summed E-state index contributed by atoms with van der Waals surface area (Å²) in [5, 5.41) is 4.00. The smallest absolute Gasteiger partial charge is 0.407 e. The van der Waals surface area contributed by atoms with Crippen LogP contribution in [0.15, 0.2) is 30.5 Å². The standard InChI is InChI=1S/C27H40N4O6/c1-26(2,3)36-22(32)15-14-20(28-25(34)37-27(4,5)6)16-18-10-12-19(13-11-18)21-17-30(7)23(29-21)24(33)31(8)35-9/h10-13,17,20H,14-16H2,1-9H3,(H,28,34). The lowest BCUT2D eigenvalue weighted by Crippen LogP contribution is -2.40. The van der Waals surface area contributed by atoms with E-state index in [0.29, 0.717) is 18.5 Å². The maximum Gasteiger partial charge on any atom is 0.407 e. The summed E-state index contributed by atoms with van der Waals surface area (Å²) in [7, 11) is 4.69. The van der Waals surface area contributed by atoms with Gasteiger partial charge in [0.1, 0.15) is 11.2 Å². The van der Waals surface area contributed by atoms with Crippen molar-refractivity contribution >= 4 is 18.0 Å². The Balaban J connectivity index is 2.15. The predicted octanol–water partition coefficient (Wildman–Crippen LogP) is 4.28. The van der Waals surface area contributed by atoms with Crippen LogP contribution in [0.25, 0.3) is 11.3 Å². The van der Waals surface area contributed by atoms with Crippen molar-refractivity contribution in [2.24, 2.45) is 7.05 Å². The summed E-state index contributed by atoms with van der Waals surface area (Å²) in [6.45, 7) is 10.8. The second-order valence-electron chi connectivity index (χ2n) is 10.9. The molecule has 0 saturated carbocycles. The van der Waals surface area contributed by atoms with Gasteiger partial charge in [0.15, 0.2) is 0 Å². The molecule has 0 aliphatic carbocycles. The fourth-order valence-corrected chi connectivity index (χ4v) is 3.51. The van der Waals surface area contributed by atoms with Gasteiger partial charge in [-0.1, -0.05) is 24.3 Å². The summed E-state index contributed by atoms with van der Waals surface area (Å²) in [5.74, 6) is -0.417. The highest BCUT2D eigenvalue weighted by Gasteiger charge is 2.23. The molecule has 0 aliphatic rings. The fraction of sp³-hybridized carbons (Fsp3) is 0.556. The highest BCUT2D eigenvalue weighted by atomic mass is 16.7. The number of aromatic nitrogens is 2. The third-order valence-corrected chi connectivity index (χ3v) is 5.20. The number of hydroxylamine groups is 2. The first kappa shape index (κ1) is 29.8. The van der Waals surface area contributed by atoms with Crippen LogP contribution in [0.2, 0.25) is 0 Å². The summed E-state index contributed by atoms with van der Waals surface area (Å²) in [6.07, 6.45) is 2.29. The normalized spacial score (nSPS) is 12.6. The van der Waals surface area contributed by atoms with Gasteiger partial charge in [0.25, 0.3) is 0 Å². The van der Waals surface area contributed by atoms with Gasteiger partial charge in [0, 0.05) is 38.3 Å². The van der Waals surface area contributed by atoms with E-state index >= 15 is 0 Å². The lowest BCUT2D eigenvalue weighted by atomic mass is 10.00. The molecule has 10 heteroatoms. The predicted molar refractivity (Wildman–Crippen MR) is 140 cm³/mol. The van der Waals surface area contributed by atoms with E-state index in [1.807, 2.05) is 45.0 Å². The van der Waals surface area contributed by atoms with Crippen molar-refractivity contribution < 1.29 is 28.7 Å². The first-order valence-corrected chi connectivity index (χ1v) is 12.2. The molecule has 1 N–H and O–H groups in total. The summed E-state index contributed by atoms with van der Waals surface area (Å²) in [5.41, 5.74) is 1.23. The number of hydrogen-bond acceptors (Lipinski definition) is 7. The average molecular weight is 517 g/mol. The summed E-state index contributed by atoms with van der Waals surface area (Å²) in [4.78, 5) is 46.5. The quantitative estimate of drug-likeness (QED) is 0.391. The van der Waals surface area contributed by atoms with Crippen LogP contribution in [0.5, 0.6) is 0 Å². The van der Waals surface area contributed by atoms with Crippen LogP contribution in [0.1, 0.15) is 70.6 Å². The SMILES string of the molecule is CON(C)C(=O)c1nc(-c2ccc(CC(CCC(=O)OC(C)(C)C)NC(=O)OC(C)(C)C)cc2)cn1C. The second-order valence-corrected chi connectivity index (χ2v) is 10.9. The average Bonchev–Trinajstić information content (AvgIpc) is 3.16. The van der Waals surface area contributed by atoms with Gasteiger partial charge in [-0.2, -0.15) is 0 Å². The van der Waals surface area contributed by atoms with E-state index in [4.69, 9.17) is 14.3 Å². The van der Waals surface area contributed by atoms with Gasteiger partial charge in [-0.15, -0.1) is 0 Å². The molecule has 1 heterocycles. The Bertz CT molecular complexity index is 1080. The zero-order valence-corrected chi connectivity index (χ0v) is 23.4. The molecule has 1 aromatic carbocycles. The van der Waals surface area contributed by atoms with Crippen molar-refractivity contribution in [3.63, 3.8) is 0 Å². The molecule has 2 aromatic rings. The summed E-state index contributed by atoms with van der Waals surface area (Å²) >= 11 is 0. The van der Waals surface area contributed by atoms with Crippen LogP contribution in [0.4, 0.5) is 4.79 Å². The van der Waals surface area contributed by atoms with Crippen molar-refractivity contribution in [2.45, 2.75) is 78.0 Å². The minimum absolute atomic E-state index is 0.163. The molecular formula is C27H40N4O6. The largest absolute Gasteiger partial charge is 0.460 e. The number of benzene rings is 1. The molecule has 1 aromatic heterocycles. The number of amides is 2. The van der Waals surface area contributed by atoms with Crippen LogP contribution < -0.4 is 5.32 Å². The maximum atomic E-state index is 12.4. The Hall–Kier alpha value is -3.40. The number of carbonyl (C=O) groups excluding carboxylic acids is 3. The zero-order chi connectivity index (χ0) is 28.0. The lowest BCUT2D eigenvalue weighted by Gasteiger charge is -2.24. The molecule has 0 radical (unpaired) electrons. The highest BCUT2D eigenvalue weighted by molar-refractivity contribution is 5.90. The van der Waals surface area contributed by atoms with Crippen LogP contribution in [0.3, 0.4) is 0 Å². The highest BCUT2D eigenvalue weighted by Crippen LogP contribution is 2.21. The topological polar surface area (TPSA) is 112 Å². The van der Waals surface area contributed by atoms with Crippen LogP contribution in [-0.4, -0.2) is 64.0 Å². The van der Waals surface area contributed by atoms with E-state index in [0.717, 1.165) is 16.2 Å². The molecular weight excluding hydrogens is 476 g/mol. The Kier molecular flexibility index (Phi) is 9.86. The number of alkyl carbamates (subject to hydrolysis) is 1. The lowest BCUT2D eigenvalue weighted by molar-refractivity contribution is -0.155. The number of nitrogens with zero attached hydrogens (tertiary/aromatic N) is 3. The van der Waals surface area contributed by atoms with Gasteiger partial charge in [0.2, 0.25) is 5.82 Å². The van der Waals surface area contributed by atoms with Crippen molar-refractivity contribution in [1.29, 1.82) is 0 Å². The number of aryl methyl sites for hydroxylation is 1. The number of carbonyl (C=O) groups is 3. The summed E-state index contributed by atoms with van der Waals surface area (Å²) < 4.78 is 12.5. The Morgan fingerprint density at radius 2 is 1.62 bits per heavy atom. The molecule has 1 atom stereocenters. The number of hydrogen-bond donors (Lipinski definition) is 1. The van der Waals surface area contributed by atoms with Gasteiger partial charge in [-0.05, 0) is 59.9 Å². The van der Waals surface area contributed by atoms with Crippen LogP contribution in [-0.2, 0) is 32.6 Å². The molecule has 10 nitrogen and oxygen atoms in total. The van der Waals surface area contributed by atoms with Crippen molar-refractivity contribution in [2.75, 3.05) is 14.2 Å².